The van der Waals surface area contributed by atoms with Gasteiger partial charge in [0.15, 0.2) is 0 Å². The lowest BCUT2D eigenvalue weighted by Crippen LogP contribution is -2.55. The van der Waals surface area contributed by atoms with Crippen molar-refractivity contribution in [2.75, 3.05) is 18.1 Å². The molecule has 9 rings (SSSR count). The van der Waals surface area contributed by atoms with Crippen LogP contribution in [0.3, 0.4) is 0 Å². The van der Waals surface area contributed by atoms with Crippen LogP contribution >= 0.6 is 0 Å². The predicted octanol–water partition coefficient (Wildman–Crippen LogP) is 7.12. The van der Waals surface area contributed by atoms with Gasteiger partial charge in [-0.05, 0) is 90.8 Å². The average molecular weight is 873 g/mol. The van der Waals surface area contributed by atoms with Crippen molar-refractivity contribution in [2.45, 2.75) is 86.7 Å². The van der Waals surface area contributed by atoms with Crippen molar-refractivity contribution in [3.05, 3.63) is 167 Å². The lowest BCUT2D eigenvalue weighted by atomic mass is 9.65. The number of hydrogen-bond acceptors (Lipinski definition) is 9. The predicted molar refractivity (Wildman–Crippen MR) is 243 cm³/mol. The number of carbonyl (C=O) groups is 4. The molecule has 3 fully saturated rings. The lowest BCUT2D eigenvalue weighted by molar-refractivity contribution is -0.178. The number of morpholine rings is 1. The van der Waals surface area contributed by atoms with Crippen molar-refractivity contribution in [3.63, 3.8) is 0 Å². The molecule has 12 nitrogen and oxygen atoms in total. The number of cyclic esters (lactones) is 1. The van der Waals surface area contributed by atoms with Gasteiger partial charge >= 0.3 is 12.0 Å². The van der Waals surface area contributed by atoms with E-state index in [0.29, 0.717) is 35.3 Å². The molecule has 0 radical (unpaired) electrons. The second-order valence-electron chi connectivity index (χ2n) is 17.5. The van der Waals surface area contributed by atoms with Gasteiger partial charge in [0.05, 0.1) is 36.3 Å². The maximum Gasteiger partial charge on any atom is 0.329 e. The fourth-order valence-corrected chi connectivity index (χ4v) is 10.7. The highest BCUT2D eigenvalue weighted by atomic mass is 16.6. The molecule has 0 bridgehead atoms. The summed E-state index contributed by atoms with van der Waals surface area (Å²) in [6.07, 6.45) is 3.80. The van der Waals surface area contributed by atoms with Crippen LogP contribution in [0.1, 0.15) is 103 Å². The number of hydrogen-bond donors (Lipinski definition) is 4. The number of carbonyl (C=O) groups excluding carboxylic acids is 4. The second kappa shape index (κ2) is 18.0. The van der Waals surface area contributed by atoms with Gasteiger partial charge in [0.25, 0.3) is 0 Å². The summed E-state index contributed by atoms with van der Waals surface area (Å²) < 4.78 is 12.4. The monoisotopic (exact) mass is 872 g/mol. The summed E-state index contributed by atoms with van der Waals surface area (Å²) in [4.78, 5) is 63.8. The highest BCUT2D eigenvalue weighted by Gasteiger charge is 2.75. The zero-order chi connectivity index (χ0) is 45.3. The van der Waals surface area contributed by atoms with Gasteiger partial charge in [-0.1, -0.05) is 128 Å². The van der Waals surface area contributed by atoms with Crippen molar-refractivity contribution in [1.29, 1.82) is 0 Å². The molecule has 1 saturated carbocycles. The number of esters is 1. The number of rotatable bonds is 9. The summed E-state index contributed by atoms with van der Waals surface area (Å²) in [6.45, 7) is 1.54. The SMILES string of the molecule is CC(NC(=O)N1C(=O)C2(c3cc(C#CC4(O)CCCCCC4)ccc31)C(C(N)=O)C1C(=O)OC(c3ccccc3)C(c3ccccc3)N1C2c1cccc(OCCO)c1)c1ccccc1. The second-order valence-corrected chi connectivity index (χ2v) is 17.5. The Morgan fingerprint density at radius 1 is 0.831 bits per heavy atom. The van der Waals surface area contributed by atoms with Gasteiger partial charge in [-0.3, -0.25) is 19.3 Å². The van der Waals surface area contributed by atoms with Gasteiger partial charge in [-0.2, -0.15) is 0 Å². The third-order valence-electron chi connectivity index (χ3n) is 13.5. The van der Waals surface area contributed by atoms with E-state index in [1.165, 1.54) is 0 Å². The van der Waals surface area contributed by atoms with Crippen LogP contribution in [0.5, 0.6) is 5.75 Å². The van der Waals surface area contributed by atoms with Crippen LogP contribution in [0, 0.1) is 17.8 Å². The minimum atomic E-state index is -2.05. The summed E-state index contributed by atoms with van der Waals surface area (Å²) in [5.41, 5.74) is 6.89. The number of nitrogens with two attached hydrogens (primary N) is 1. The number of aliphatic hydroxyl groups excluding tert-OH is 1. The molecule has 0 aromatic heterocycles. The first kappa shape index (κ1) is 43.5. The number of nitrogens with zero attached hydrogens (tertiary/aromatic N) is 2. The van der Waals surface area contributed by atoms with Crippen LogP contribution in [0.25, 0.3) is 0 Å². The number of urea groups is 1. The fraction of sp³-hybridized carbons (Fsp3) is 0.321. The molecule has 1 aliphatic carbocycles. The Labute approximate surface area is 378 Å². The number of primary amides is 1. The van der Waals surface area contributed by atoms with Crippen LogP contribution in [0.15, 0.2) is 133 Å². The van der Waals surface area contributed by atoms with E-state index in [0.717, 1.165) is 41.7 Å². The number of anilines is 1. The molecule has 3 aliphatic heterocycles. The Bertz CT molecular complexity index is 2640. The number of amides is 4. The zero-order valence-corrected chi connectivity index (χ0v) is 36.1. The van der Waals surface area contributed by atoms with E-state index in [1.807, 2.05) is 103 Å². The van der Waals surface area contributed by atoms with Crippen molar-refractivity contribution < 1.29 is 38.9 Å². The van der Waals surface area contributed by atoms with Crippen molar-refractivity contribution in [3.8, 4) is 17.6 Å². The highest BCUT2D eigenvalue weighted by Crippen LogP contribution is 2.66. The molecule has 7 unspecified atom stereocenters. The number of ether oxygens (including phenoxy) is 2. The van der Waals surface area contributed by atoms with Crippen molar-refractivity contribution in [1.82, 2.24) is 10.2 Å². The minimum absolute atomic E-state index is 0.0196. The first-order valence-electron chi connectivity index (χ1n) is 22.4. The molecule has 4 aliphatic rings. The van der Waals surface area contributed by atoms with Crippen LogP contribution in [-0.2, 0) is 24.5 Å². The zero-order valence-electron chi connectivity index (χ0n) is 36.1. The highest BCUT2D eigenvalue weighted by molar-refractivity contribution is 6.24. The number of fused-ring (bicyclic) bond motifs is 3. The van der Waals surface area contributed by atoms with E-state index in [2.05, 4.69) is 17.2 Å². The number of benzene rings is 5. The molecular weight excluding hydrogens is 821 g/mol. The van der Waals surface area contributed by atoms with Crippen LogP contribution in [0.2, 0.25) is 0 Å². The molecule has 4 amide bonds. The van der Waals surface area contributed by atoms with Crippen molar-refractivity contribution in [2.24, 2.45) is 11.7 Å². The van der Waals surface area contributed by atoms with E-state index in [9.17, 15) is 19.8 Å². The Morgan fingerprint density at radius 3 is 2.14 bits per heavy atom. The molecule has 7 atom stereocenters. The summed E-state index contributed by atoms with van der Waals surface area (Å²) in [5, 5.41) is 24.4. The molecule has 5 aromatic rings. The minimum Gasteiger partial charge on any atom is -0.491 e. The standard InChI is InChI=1S/C53H52N4O8/c1-34(36-16-7-4-8-17-36)55-51(62)56-42-25-24-35(26-29-52(63)27-13-2-3-14-28-52)32-41(42)53(50(56)61)43(48(54)59)45-49(60)65-46(38-20-11-6-12-21-38)44(37-18-9-5-10-19-37)57(45)47(53)39-22-15-23-40(33-39)64-31-30-58/h4-12,15-25,32-34,43-47,58,63H,2-3,13-14,27-28,30-31H2,1H3,(H2,54,59)(H,55,62). The van der Waals surface area contributed by atoms with E-state index in [4.69, 9.17) is 15.2 Å². The maximum absolute atomic E-state index is 16.3. The summed E-state index contributed by atoms with van der Waals surface area (Å²) >= 11 is 0. The van der Waals surface area contributed by atoms with E-state index < -0.39 is 71.0 Å². The molecule has 5 N–H and O–H groups in total. The summed E-state index contributed by atoms with van der Waals surface area (Å²) in [6, 6.07) is 35.5. The molecule has 3 heterocycles. The molecule has 12 heteroatoms. The van der Waals surface area contributed by atoms with Crippen LogP contribution in [-0.4, -0.2) is 63.8 Å². The van der Waals surface area contributed by atoms with Gasteiger partial charge < -0.3 is 30.7 Å². The third-order valence-corrected chi connectivity index (χ3v) is 13.5. The number of nitrogens with one attached hydrogen (secondary N) is 1. The summed E-state index contributed by atoms with van der Waals surface area (Å²) in [5.74, 6) is 2.66. The van der Waals surface area contributed by atoms with Crippen LogP contribution < -0.4 is 20.7 Å². The van der Waals surface area contributed by atoms with Gasteiger partial charge in [0.1, 0.15) is 35.5 Å². The molecule has 65 heavy (non-hydrogen) atoms. The quantitative estimate of drug-likeness (QED) is 0.0684. The largest absolute Gasteiger partial charge is 0.491 e. The van der Waals surface area contributed by atoms with Gasteiger partial charge in [0, 0.05) is 5.56 Å². The Kier molecular flexibility index (Phi) is 12.0. The normalized spacial score (nSPS) is 25.0. The number of imide groups is 1. The van der Waals surface area contributed by atoms with E-state index in [-0.39, 0.29) is 24.5 Å². The van der Waals surface area contributed by atoms with Crippen LogP contribution in [0.4, 0.5) is 10.5 Å². The Morgan fingerprint density at radius 2 is 1.48 bits per heavy atom. The van der Waals surface area contributed by atoms with Gasteiger partial charge in [0.2, 0.25) is 11.8 Å². The summed E-state index contributed by atoms with van der Waals surface area (Å²) in [7, 11) is 0. The molecule has 332 valence electrons. The van der Waals surface area contributed by atoms with Crippen molar-refractivity contribution >= 4 is 29.5 Å². The molecule has 2 saturated heterocycles. The maximum atomic E-state index is 16.3. The van der Waals surface area contributed by atoms with Gasteiger partial charge in [-0.25, -0.2) is 9.69 Å². The first-order valence-corrected chi connectivity index (χ1v) is 22.4. The third kappa shape index (κ3) is 7.84. The smallest absolute Gasteiger partial charge is 0.329 e. The lowest BCUT2D eigenvalue weighted by Gasteiger charge is -2.46. The fourth-order valence-electron chi connectivity index (χ4n) is 10.7. The molecular formula is C53H52N4O8. The first-order chi connectivity index (χ1) is 31.6. The topological polar surface area (TPSA) is 172 Å². The number of aliphatic hydroxyl groups is 2. The average Bonchev–Trinajstić information content (AvgIpc) is 3.67. The Balaban J connectivity index is 1.32. The molecule has 5 aromatic carbocycles. The Hall–Kier alpha value is -6.78. The van der Waals surface area contributed by atoms with Gasteiger partial charge in [-0.15, -0.1) is 0 Å². The van der Waals surface area contributed by atoms with E-state index >= 15 is 9.59 Å². The molecule has 1 spiro atoms. The van der Waals surface area contributed by atoms with E-state index in [1.54, 1.807) is 42.5 Å².